The number of nitrogens with zero attached hydrogens (tertiary/aromatic N) is 1. The molecule has 0 atom stereocenters. The number of carbonyl (C=O) groups excluding carboxylic acids is 2. The summed E-state index contributed by atoms with van der Waals surface area (Å²) in [5.41, 5.74) is 3.07. The fraction of sp³-hybridized carbons (Fsp3) is 0.429. The van der Waals surface area contributed by atoms with Crippen molar-refractivity contribution in [1.82, 2.24) is 4.90 Å². The molecule has 1 aromatic carbocycles. The lowest BCUT2D eigenvalue weighted by Crippen LogP contribution is -2.34. The Morgan fingerprint density at radius 3 is 2.84 bits per heavy atom. The third kappa shape index (κ3) is 3.32. The van der Waals surface area contributed by atoms with Gasteiger partial charge in [-0.3, -0.25) is 9.59 Å². The summed E-state index contributed by atoms with van der Waals surface area (Å²) in [4.78, 5) is 24.7. The molecule has 1 aliphatic rings. The number of hydrogen-bond acceptors (Lipinski definition) is 3. The fourth-order valence-corrected chi connectivity index (χ4v) is 2.23. The van der Waals surface area contributed by atoms with Gasteiger partial charge in [0.2, 0.25) is 11.8 Å². The minimum Gasteiger partial charge on any atom is -0.375 e. The zero-order valence-electron chi connectivity index (χ0n) is 11.2. The highest BCUT2D eigenvalue weighted by Gasteiger charge is 2.18. The third-order valence-electron chi connectivity index (χ3n) is 3.22. The number of fused-ring (bicyclic) bond motifs is 1. The molecule has 0 saturated carbocycles. The number of methoxy groups -OCH3 is 1. The molecule has 5 nitrogen and oxygen atoms in total. The first-order valence-corrected chi connectivity index (χ1v) is 6.26. The Morgan fingerprint density at radius 2 is 2.16 bits per heavy atom. The minimum atomic E-state index is -0.179. The molecule has 102 valence electrons. The van der Waals surface area contributed by atoms with Crippen molar-refractivity contribution in [3.63, 3.8) is 0 Å². The summed E-state index contributed by atoms with van der Waals surface area (Å²) in [5.74, 6) is -0.0962. The van der Waals surface area contributed by atoms with Crippen molar-refractivity contribution in [2.24, 2.45) is 0 Å². The highest BCUT2D eigenvalue weighted by atomic mass is 16.5. The van der Waals surface area contributed by atoms with Gasteiger partial charge in [0.1, 0.15) is 6.61 Å². The van der Waals surface area contributed by atoms with Crippen LogP contribution in [-0.2, 0) is 27.3 Å². The highest BCUT2D eigenvalue weighted by Crippen LogP contribution is 2.22. The van der Waals surface area contributed by atoms with Gasteiger partial charge in [-0.1, -0.05) is 6.07 Å². The molecule has 0 aliphatic carbocycles. The smallest absolute Gasteiger partial charge is 0.250 e. The molecule has 0 fully saturated rings. The Bertz CT molecular complexity index is 499. The van der Waals surface area contributed by atoms with Crippen LogP contribution in [0.25, 0.3) is 0 Å². The van der Waals surface area contributed by atoms with Gasteiger partial charge in [0.05, 0.1) is 0 Å². The van der Waals surface area contributed by atoms with Gasteiger partial charge >= 0.3 is 0 Å². The second-order valence-electron chi connectivity index (χ2n) is 4.66. The van der Waals surface area contributed by atoms with Gasteiger partial charge in [-0.25, -0.2) is 0 Å². The summed E-state index contributed by atoms with van der Waals surface area (Å²) in [7, 11) is 1.48. The predicted molar refractivity (Wildman–Crippen MR) is 71.7 cm³/mol. The van der Waals surface area contributed by atoms with Crippen molar-refractivity contribution in [3.8, 4) is 0 Å². The van der Waals surface area contributed by atoms with Crippen LogP contribution >= 0.6 is 0 Å². The standard InChI is InChI=1S/C14H18N2O3/c1-10(17)16-6-5-11-3-4-13(7-12(11)8-16)15-14(18)9-19-2/h3-4,7H,5-6,8-9H2,1-2H3,(H,15,18). The lowest BCUT2D eigenvalue weighted by Gasteiger charge is -2.28. The summed E-state index contributed by atoms with van der Waals surface area (Å²) in [6, 6.07) is 5.82. The second kappa shape index (κ2) is 5.84. The molecule has 0 saturated heterocycles. The lowest BCUT2D eigenvalue weighted by molar-refractivity contribution is -0.129. The SMILES string of the molecule is COCC(=O)Nc1ccc2c(c1)CN(C(C)=O)CC2. The van der Waals surface area contributed by atoms with Crippen LogP contribution in [0, 0.1) is 0 Å². The molecule has 0 bridgehead atoms. The van der Waals surface area contributed by atoms with Crippen LogP contribution in [0.5, 0.6) is 0 Å². The number of anilines is 1. The molecule has 1 heterocycles. The monoisotopic (exact) mass is 262 g/mol. The van der Waals surface area contributed by atoms with Crippen molar-refractivity contribution in [1.29, 1.82) is 0 Å². The van der Waals surface area contributed by atoms with E-state index in [1.165, 1.54) is 12.7 Å². The molecular weight excluding hydrogens is 244 g/mol. The average molecular weight is 262 g/mol. The Labute approximate surface area is 112 Å². The maximum absolute atomic E-state index is 11.5. The normalized spacial score (nSPS) is 13.9. The van der Waals surface area contributed by atoms with E-state index in [0.717, 1.165) is 24.2 Å². The van der Waals surface area contributed by atoms with E-state index >= 15 is 0 Å². The summed E-state index contributed by atoms with van der Waals surface area (Å²) in [5, 5.41) is 2.77. The average Bonchev–Trinajstić information content (AvgIpc) is 2.38. The molecule has 0 unspecified atom stereocenters. The largest absolute Gasteiger partial charge is 0.375 e. The fourth-order valence-electron chi connectivity index (χ4n) is 2.23. The molecule has 0 aromatic heterocycles. The molecule has 0 radical (unpaired) electrons. The van der Waals surface area contributed by atoms with Crippen LogP contribution in [0.3, 0.4) is 0 Å². The first-order chi connectivity index (χ1) is 9.10. The molecule has 5 heteroatoms. The van der Waals surface area contributed by atoms with E-state index in [1.807, 2.05) is 23.1 Å². The molecule has 1 N–H and O–H groups in total. The number of ether oxygens (including phenoxy) is 1. The molecule has 1 aliphatic heterocycles. The maximum atomic E-state index is 11.5. The van der Waals surface area contributed by atoms with Gasteiger partial charge in [0, 0.05) is 32.8 Å². The number of benzene rings is 1. The summed E-state index contributed by atoms with van der Waals surface area (Å²) in [6.45, 7) is 2.99. The molecule has 0 spiro atoms. The Balaban J connectivity index is 2.12. The highest BCUT2D eigenvalue weighted by molar-refractivity contribution is 5.91. The predicted octanol–water partition coefficient (Wildman–Crippen LogP) is 1.18. The molecule has 19 heavy (non-hydrogen) atoms. The second-order valence-corrected chi connectivity index (χ2v) is 4.66. The van der Waals surface area contributed by atoms with Crippen molar-refractivity contribution in [3.05, 3.63) is 29.3 Å². The Kier molecular flexibility index (Phi) is 4.16. The molecular formula is C14H18N2O3. The first kappa shape index (κ1) is 13.5. The van der Waals surface area contributed by atoms with Gasteiger partial charge in [0.25, 0.3) is 0 Å². The van der Waals surface area contributed by atoms with Gasteiger partial charge in [-0.05, 0) is 29.7 Å². The maximum Gasteiger partial charge on any atom is 0.250 e. The van der Waals surface area contributed by atoms with Crippen LogP contribution < -0.4 is 5.32 Å². The Hall–Kier alpha value is -1.88. The minimum absolute atomic E-state index is 0.0383. The molecule has 1 aromatic rings. The van der Waals surface area contributed by atoms with Crippen molar-refractivity contribution >= 4 is 17.5 Å². The van der Waals surface area contributed by atoms with E-state index < -0.39 is 0 Å². The van der Waals surface area contributed by atoms with Gasteiger partial charge in [0.15, 0.2) is 0 Å². The van der Waals surface area contributed by atoms with E-state index in [0.29, 0.717) is 6.54 Å². The van der Waals surface area contributed by atoms with Gasteiger partial charge < -0.3 is 15.0 Å². The van der Waals surface area contributed by atoms with E-state index in [1.54, 1.807) is 6.92 Å². The zero-order chi connectivity index (χ0) is 13.8. The van der Waals surface area contributed by atoms with Crippen LogP contribution in [0.15, 0.2) is 18.2 Å². The third-order valence-corrected chi connectivity index (χ3v) is 3.22. The van der Waals surface area contributed by atoms with Crippen molar-refractivity contribution in [2.75, 3.05) is 25.6 Å². The zero-order valence-corrected chi connectivity index (χ0v) is 11.2. The van der Waals surface area contributed by atoms with Gasteiger partial charge in [-0.2, -0.15) is 0 Å². The van der Waals surface area contributed by atoms with Crippen LogP contribution in [0.4, 0.5) is 5.69 Å². The van der Waals surface area contributed by atoms with Crippen LogP contribution in [0.2, 0.25) is 0 Å². The number of nitrogens with one attached hydrogen (secondary N) is 1. The van der Waals surface area contributed by atoms with E-state index in [-0.39, 0.29) is 18.4 Å². The molecule has 2 rings (SSSR count). The summed E-state index contributed by atoms with van der Waals surface area (Å²) < 4.78 is 4.77. The lowest BCUT2D eigenvalue weighted by atomic mass is 9.99. The number of amides is 2. The summed E-state index contributed by atoms with van der Waals surface area (Å²) in [6.07, 6.45) is 0.862. The van der Waals surface area contributed by atoms with Crippen LogP contribution in [-0.4, -0.2) is 37.0 Å². The number of rotatable bonds is 3. The van der Waals surface area contributed by atoms with Crippen LogP contribution in [0.1, 0.15) is 18.1 Å². The van der Waals surface area contributed by atoms with E-state index in [2.05, 4.69) is 5.32 Å². The number of hydrogen-bond donors (Lipinski definition) is 1. The topological polar surface area (TPSA) is 58.6 Å². The van der Waals surface area contributed by atoms with E-state index in [4.69, 9.17) is 4.74 Å². The Morgan fingerprint density at radius 1 is 1.37 bits per heavy atom. The van der Waals surface area contributed by atoms with Crippen molar-refractivity contribution < 1.29 is 14.3 Å². The summed E-state index contributed by atoms with van der Waals surface area (Å²) >= 11 is 0. The van der Waals surface area contributed by atoms with Crippen molar-refractivity contribution in [2.45, 2.75) is 19.9 Å². The first-order valence-electron chi connectivity index (χ1n) is 6.26. The number of carbonyl (C=O) groups is 2. The van der Waals surface area contributed by atoms with Gasteiger partial charge in [-0.15, -0.1) is 0 Å². The quantitative estimate of drug-likeness (QED) is 0.889. The molecule has 2 amide bonds. The van der Waals surface area contributed by atoms with E-state index in [9.17, 15) is 9.59 Å².